The topological polar surface area (TPSA) is 97.7 Å². The SMILES string of the molecule is COC(=O)[C@@]12C(=O)NC(OC)(OC)[C@]1(C#N)[C@H]2c1cccc(Br)c1. The first-order valence-electron chi connectivity index (χ1n) is 7.10. The van der Waals surface area contributed by atoms with Crippen LogP contribution in [-0.4, -0.2) is 39.1 Å². The molecule has 126 valence electrons. The second-order valence-electron chi connectivity index (χ2n) is 5.69. The fourth-order valence-electron chi connectivity index (χ4n) is 4.03. The minimum absolute atomic E-state index is 0.643. The maximum absolute atomic E-state index is 12.8. The van der Waals surface area contributed by atoms with Gasteiger partial charge in [0.05, 0.1) is 13.2 Å². The summed E-state index contributed by atoms with van der Waals surface area (Å²) in [5.41, 5.74) is -2.65. The van der Waals surface area contributed by atoms with Crippen molar-refractivity contribution in [3.63, 3.8) is 0 Å². The Kier molecular flexibility index (Phi) is 3.71. The molecule has 3 rings (SSSR count). The van der Waals surface area contributed by atoms with Gasteiger partial charge in [-0.15, -0.1) is 0 Å². The summed E-state index contributed by atoms with van der Waals surface area (Å²) in [5.74, 6) is -3.93. The fourth-order valence-corrected chi connectivity index (χ4v) is 4.45. The lowest BCUT2D eigenvalue weighted by Gasteiger charge is -2.32. The van der Waals surface area contributed by atoms with Crippen LogP contribution in [0.2, 0.25) is 0 Å². The normalized spacial score (nSPS) is 32.5. The number of fused-ring (bicyclic) bond motifs is 1. The van der Waals surface area contributed by atoms with E-state index in [4.69, 9.17) is 14.2 Å². The first-order chi connectivity index (χ1) is 11.4. The first kappa shape index (κ1) is 16.9. The molecule has 1 aromatic rings. The molecule has 1 aliphatic carbocycles. The highest BCUT2D eigenvalue weighted by atomic mass is 79.9. The van der Waals surface area contributed by atoms with Gasteiger partial charge in [-0.3, -0.25) is 9.59 Å². The molecule has 3 atom stereocenters. The van der Waals surface area contributed by atoms with Gasteiger partial charge in [0.1, 0.15) is 0 Å². The van der Waals surface area contributed by atoms with Crippen LogP contribution in [-0.2, 0) is 23.8 Å². The van der Waals surface area contributed by atoms with E-state index in [1.807, 2.05) is 6.07 Å². The number of carbonyl (C=O) groups is 2. The number of amides is 1. The van der Waals surface area contributed by atoms with Crippen molar-refractivity contribution in [2.45, 2.75) is 11.8 Å². The molecule has 24 heavy (non-hydrogen) atoms. The summed E-state index contributed by atoms with van der Waals surface area (Å²) in [4.78, 5) is 25.4. The summed E-state index contributed by atoms with van der Waals surface area (Å²) in [6.45, 7) is 0. The van der Waals surface area contributed by atoms with E-state index in [9.17, 15) is 14.9 Å². The number of esters is 1. The molecule has 1 aliphatic heterocycles. The molecular formula is C16H15BrN2O5. The minimum Gasteiger partial charge on any atom is -0.468 e. The van der Waals surface area contributed by atoms with Gasteiger partial charge in [0.25, 0.3) is 5.91 Å². The second kappa shape index (κ2) is 5.28. The molecule has 8 heteroatoms. The van der Waals surface area contributed by atoms with Gasteiger partial charge in [-0.05, 0) is 17.7 Å². The van der Waals surface area contributed by atoms with Crippen LogP contribution in [0.25, 0.3) is 0 Å². The predicted molar refractivity (Wildman–Crippen MR) is 84.3 cm³/mol. The van der Waals surface area contributed by atoms with Crippen LogP contribution in [0, 0.1) is 22.2 Å². The minimum atomic E-state index is -1.74. The van der Waals surface area contributed by atoms with Gasteiger partial charge in [-0.2, -0.15) is 5.26 Å². The third-order valence-electron chi connectivity index (χ3n) is 5.00. The number of ether oxygens (including phenoxy) is 3. The Hall–Kier alpha value is -1.95. The molecule has 1 aromatic carbocycles. The highest BCUT2D eigenvalue weighted by molar-refractivity contribution is 9.10. The number of benzene rings is 1. The summed E-state index contributed by atoms with van der Waals surface area (Å²) in [6.07, 6.45) is 0. The lowest BCUT2D eigenvalue weighted by atomic mass is 9.94. The molecule has 0 bridgehead atoms. The average Bonchev–Trinajstić information content (AvgIpc) is 3.18. The number of nitrogens with one attached hydrogen (secondary N) is 1. The lowest BCUT2D eigenvalue weighted by molar-refractivity contribution is -0.248. The van der Waals surface area contributed by atoms with Crippen LogP contribution in [0.3, 0.4) is 0 Å². The molecule has 1 heterocycles. The first-order valence-corrected chi connectivity index (χ1v) is 7.89. The number of halogens is 1. The highest BCUT2D eigenvalue weighted by Gasteiger charge is 2.98. The zero-order valence-electron chi connectivity index (χ0n) is 13.3. The smallest absolute Gasteiger partial charge is 0.324 e. The van der Waals surface area contributed by atoms with E-state index in [-0.39, 0.29) is 0 Å². The maximum Gasteiger partial charge on any atom is 0.324 e. The molecule has 1 amide bonds. The summed E-state index contributed by atoms with van der Waals surface area (Å²) in [7, 11) is 3.81. The van der Waals surface area contributed by atoms with Crippen LogP contribution in [0.5, 0.6) is 0 Å². The number of piperidine rings is 1. The lowest BCUT2D eigenvalue weighted by Crippen LogP contribution is -2.54. The van der Waals surface area contributed by atoms with Crippen molar-refractivity contribution < 1.29 is 23.8 Å². The molecule has 0 spiro atoms. The van der Waals surface area contributed by atoms with Crippen molar-refractivity contribution in [1.82, 2.24) is 5.32 Å². The van der Waals surface area contributed by atoms with Gasteiger partial charge < -0.3 is 19.5 Å². The summed E-state index contributed by atoms with van der Waals surface area (Å²) < 4.78 is 16.4. The van der Waals surface area contributed by atoms with Gasteiger partial charge in [-0.25, -0.2) is 0 Å². The van der Waals surface area contributed by atoms with Gasteiger partial charge in [0.2, 0.25) is 5.91 Å². The van der Waals surface area contributed by atoms with Gasteiger partial charge in [-0.1, -0.05) is 28.1 Å². The predicted octanol–water partition coefficient (Wildman–Crippen LogP) is 1.29. The van der Waals surface area contributed by atoms with E-state index >= 15 is 0 Å². The third-order valence-corrected chi connectivity index (χ3v) is 5.49. The van der Waals surface area contributed by atoms with Crippen LogP contribution in [0.1, 0.15) is 11.5 Å². The molecule has 2 aliphatic rings. The highest BCUT2D eigenvalue weighted by Crippen LogP contribution is 2.81. The Morgan fingerprint density at radius 3 is 2.50 bits per heavy atom. The summed E-state index contributed by atoms with van der Waals surface area (Å²) in [6, 6.07) is 9.20. The Morgan fingerprint density at radius 1 is 1.33 bits per heavy atom. The van der Waals surface area contributed by atoms with Crippen molar-refractivity contribution in [1.29, 1.82) is 5.26 Å². The number of nitriles is 1. The number of hydrogen-bond acceptors (Lipinski definition) is 6. The van der Waals surface area contributed by atoms with Crippen LogP contribution in [0.15, 0.2) is 28.7 Å². The van der Waals surface area contributed by atoms with Crippen LogP contribution < -0.4 is 5.32 Å². The molecule has 1 saturated heterocycles. The van der Waals surface area contributed by atoms with E-state index in [0.29, 0.717) is 5.56 Å². The molecule has 2 fully saturated rings. The standard InChI is InChI=1S/C16H15BrN2O5/c1-22-13(21)15-11(9-5-4-6-10(17)7-9)14(15,8-18)16(23-2,24-3)19-12(15)20/h4-7,11H,1-3H3,(H,19,20)/t11-,14-,15-/m1/s1. The Labute approximate surface area is 147 Å². The van der Waals surface area contributed by atoms with Crippen LogP contribution in [0.4, 0.5) is 0 Å². The number of hydrogen-bond donors (Lipinski definition) is 1. The fraction of sp³-hybridized carbons (Fsp3) is 0.438. The van der Waals surface area contributed by atoms with E-state index < -0.39 is 34.5 Å². The van der Waals surface area contributed by atoms with Gasteiger partial charge in [0.15, 0.2) is 10.8 Å². The Balaban J connectivity index is 2.29. The average molecular weight is 395 g/mol. The Bertz CT molecular complexity index is 772. The van der Waals surface area contributed by atoms with E-state index in [2.05, 4.69) is 27.3 Å². The van der Waals surface area contributed by atoms with E-state index in [1.54, 1.807) is 18.2 Å². The number of rotatable bonds is 4. The van der Waals surface area contributed by atoms with Crippen LogP contribution >= 0.6 is 15.9 Å². The number of carbonyl (C=O) groups excluding carboxylic acids is 2. The quantitative estimate of drug-likeness (QED) is 0.469. The van der Waals surface area contributed by atoms with E-state index in [0.717, 1.165) is 4.47 Å². The molecule has 7 nitrogen and oxygen atoms in total. The molecule has 0 aromatic heterocycles. The number of nitrogens with zero attached hydrogens (tertiary/aromatic N) is 1. The van der Waals surface area contributed by atoms with Crippen molar-refractivity contribution in [2.24, 2.45) is 10.8 Å². The van der Waals surface area contributed by atoms with E-state index in [1.165, 1.54) is 21.3 Å². The second-order valence-corrected chi connectivity index (χ2v) is 6.60. The zero-order valence-corrected chi connectivity index (χ0v) is 14.8. The van der Waals surface area contributed by atoms with Crippen molar-refractivity contribution >= 4 is 27.8 Å². The van der Waals surface area contributed by atoms with Crippen molar-refractivity contribution in [3.8, 4) is 6.07 Å². The number of methoxy groups -OCH3 is 3. The van der Waals surface area contributed by atoms with Gasteiger partial charge >= 0.3 is 5.97 Å². The zero-order chi connectivity index (χ0) is 17.8. The van der Waals surface area contributed by atoms with Crippen molar-refractivity contribution in [2.75, 3.05) is 21.3 Å². The monoisotopic (exact) mass is 394 g/mol. The summed E-state index contributed by atoms with van der Waals surface area (Å²) >= 11 is 3.36. The largest absolute Gasteiger partial charge is 0.468 e. The van der Waals surface area contributed by atoms with Crippen molar-refractivity contribution in [3.05, 3.63) is 34.3 Å². The molecule has 0 radical (unpaired) electrons. The molecule has 0 unspecified atom stereocenters. The maximum atomic E-state index is 12.8. The van der Waals surface area contributed by atoms with Gasteiger partial charge in [0, 0.05) is 24.6 Å². The summed E-state index contributed by atoms with van der Waals surface area (Å²) in [5, 5.41) is 12.5. The Morgan fingerprint density at radius 2 is 2.00 bits per heavy atom. The third kappa shape index (κ3) is 1.57. The molecular weight excluding hydrogens is 380 g/mol. The molecule has 1 saturated carbocycles. The molecule has 1 N–H and O–H groups in total.